The quantitative estimate of drug-likeness (QED) is 0.282. The second kappa shape index (κ2) is 4.90. The lowest BCUT2D eigenvalue weighted by Crippen LogP contribution is -1.82. The Kier molecular flexibility index (Phi) is 3.54. The van der Waals surface area contributed by atoms with E-state index in [0.29, 0.717) is 5.56 Å². The monoisotopic (exact) mass is 189 g/mol. The average molecular weight is 189 g/mol. The fourth-order valence-electron chi connectivity index (χ4n) is 1.02. The molecule has 1 aromatic rings. The minimum Gasteiger partial charge on any atom is -0.207 e. The van der Waals surface area contributed by atoms with Crippen LogP contribution in [0.3, 0.4) is 0 Å². The molecule has 0 fully saturated rings. The zero-order valence-electron chi connectivity index (χ0n) is 7.66. The van der Waals surface area contributed by atoms with Gasteiger partial charge in [-0.3, -0.25) is 0 Å². The van der Waals surface area contributed by atoms with E-state index in [1.165, 1.54) is 12.1 Å². The first kappa shape index (κ1) is 10.1. The van der Waals surface area contributed by atoms with Gasteiger partial charge in [0.1, 0.15) is 5.82 Å². The summed E-state index contributed by atoms with van der Waals surface area (Å²) in [6.07, 6.45) is 0. The predicted octanol–water partition coefficient (Wildman–Crippen LogP) is 2.80. The zero-order chi connectivity index (χ0) is 10.4. The standard InChI is InChI=1S/C10H8FN3/c1-8-5-9(7-10(11)6-8)3-2-4-13-14-12/h5-7H,4H2,1H3. The Morgan fingerprint density at radius 1 is 1.50 bits per heavy atom. The number of benzene rings is 1. The molecule has 0 radical (unpaired) electrons. The third-order valence-corrected chi connectivity index (χ3v) is 1.49. The average Bonchev–Trinajstić information content (AvgIpc) is 2.11. The SMILES string of the molecule is Cc1cc(F)cc(C#CCN=[N+]=[N-])c1. The van der Waals surface area contributed by atoms with Crippen LogP contribution in [-0.4, -0.2) is 6.54 Å². The fraction of sp³-hybridized carbons (Fsp3) is 0.200. The second-order valence-corrected chi connectivity index (χ2v) is 2.71. The molecule has 1 rings (SSSR count). The van der Waals surface area contributed by atoms with Gasteiger partial charge in [-0.2, -0.15) is 0 Å². The molecule has 0 aliphatic carbocycles. The van der Waals surface area contributed by atoms with E-state index < -0.39 is 0 Å². The van der Waals surface area contributed by atoms with Gasteiger partial charge in [-0.25, -0.2) is 4.39 Å². The molecule has 0 aliphatic heterocycles. The smallest absolute Gasteiger partial charge is 0.124 e. The van der Waals surface area contributed by atoms with E-state index >= 15 is 0 Å². The Morgan fingerprint density at radius 3 is 2.93 bits per heavy atom. The number of rotatable bonds is 1. The molecule has 0 unspecified atom stereocenters. The van der Waals surface area contributed by atoms with Crippen molar-refractivity contribution in [1.29, 1.82) is 0 Å². The van der Waals surface area contributed by atoms with E-state index in [-0.39, 0.29) is 12.4 Å². The highest BCUT2D eigenvalue weighted by Crippen LogP contribution is 2.06. The Hall–Kier alpha value is -1.98. The molecule has 4 heteroatoms. The van der Waals surface area contributed by atoms with E-state index in [2.05, 4.69) is 21.9 Å². The fourth-order valence-corrected chi connectivity index (χ4v) is 1.02. The van der Waals surface area contributed by atoms with Crippen LogP contribution >= 0.6 is 0 Å². The Labute approximate surface area is 81.2 Å². The van der Waals surface area contributed by atoms with Crippen LogP contribution in [0.25, 0.3) is 10.4 Å². The summed E-state index contributed by atoms with van der Waals surface area (Å²) < 4.78 is 12.9. The third kappa shape index (κ3) is 3.18. The van der Waals surface area contributed by atoms with Crippen molar-refractivity contribution in [3.8, 4) is 11.8 Å². The largest absolute Gasteiger partial charge is 0.207 e. The molecule has 70 valence electrons. The highest BCUT2D eigenvalue weighted by Gasteiger charge is 1.93. The maximum Gasteiger partial charge on any atom is 0.124 e. The van der Waals surface area contributed by atoms with Gasteiger partial charge in [0, 0.05) is 10.5 Å². The van der Waals surface area contributed by atoms with Crippen LogP contribution in [0.15, 0.2) is 23.3 Å². The van der Waals surface area contributed by atoms with Crippen molar-refractivity contribution in [2.24, 2.45) is 5.11 Å². The van der Waals surface area contributed by atoms with Gasteiger partial charge in [0.2, 0.25) is 0 Å². The van der Waals surface area contributed by atoms with Crippen molar-refractivity contribution in [1.82, 2.24) is 0 Å². The van der Waals surface area contributed by atoms with Gasteiger partial charge in [0.25, 0.3) is 0 Å². The molecule has 0 bridgehead atoms. The molecule has 0 saturated heterocycles. The number of halogens is 1. The first-order chi connectivity index (χ1) is 6.72. The van der Waals surface area contributed by atoms with Crippen molar-refractivity contribution in [3.05, 3.63) is 45.6 Å². The van der Waals surface area contributed by atoms with Crippen molar-refractivity contribution in [2.75, 3.05) is 6.54 Å². The van der Waals surface area contributed by atoms with Gasteiger partial charge in [0.15, 0.2) is 0 Å². The summed E-state index contributed by atoms with van der Waals surface area (Å²) in [5, 5.41) is 3.24. The van der Waals surface area contributed by atoms with Crippen LogP contribution < -0.4 is 0 Å². The highest BCUT2D eigenvalue weighted by atomic mass is 19.1. The van der Waals surface area contributed by atoms with Gasteiger partial charge in [0.05, 0.1) is 6.54 Å². The molecule has 0 aromatic heterocycles. The van der Waals surface area contributed by atoms with Crippen LogP contribution in [0.1, 0.15) is 11.1 Å². The van der Waals surface area contributed by atoms with Gasteiger partial charge in [-0.1, -0.05) is 17.0 Å². The molecule has 0 atom stereocenters. The summed E-state index contributed by atoms with van der Waals surface area (Å²) in [4.78, 5) is 2.55. The van der Waals surface area contributed by atoms with Crippen LogP contribution in [-0.2, 0) is 0 Å². The van der Waals surface area contributed by atoms with Crippen LogP contribution in [0.5, 0.6) is 0 Å². The molecular formula is C10H8FN3. The molecule has 3 nitrogen and oxygen atoms in total. The molecule has 14 heavy (non-hydrogen) atoms. The topological polar surface area (TPSA) is 48.8 Å². The van der Waals surface area contributed by atoms with Gasteiger partial charge >= 0.3 is 0 Å². The molecule has 0 spiro atoms. The lowest BCUT2D eigenvalue weighted by Gasteiger charge is -1.94. The summed E-state index contributed by atoms with van der Waals surface area (Å²) in [6, 6.07) is 4.54. The number of nitrogens with zero attached hydrogens (tertiary/aromatic N) is 3. The first-order valence-corrected chi connectivity index (χ1v) is 3.99. The minimum atomic E-state index is -0.307. The lowest BCUT2D eigenvalue weighted by atomic mass is 10.1. The van der Waals surface area contributed by atoms with Crippen LogP contribution in [0.4, 0.5) is 4.39 Å². The summed E-state index contributed by atoms with van der Waals surface area (Å²) in [5.74, 6) is 5.02. The normalized spacial score (nSPS) is 8.43. The van der Waals surface area contributed by atoms with Crippen molar-refractivity contribution in [2.45, 2.75) is 6.92 Å². The maximum atomic E-state index is 12.9. The van der Waals surface area contributed by atoms with Crippen molar-refractivity contribution >= 4 is 0 Å². The van der Waals surface area contributed by atoms with Gasteiger partial charge in [-0.15, -0.1) is 0 Å². The van der Waals surface area contributed by atoms with Gasteiger partial charge in [-0.05, 0) is 36.2 Å². The van der Waals surface area contributed by atoms with E-state index in [1.54, 1.807) is 13.0 Å². The highest BCUT2D eigenvalue weighted by molar-refractivity contribution is 5.37. The van der Waals surface area contributed by atoms with E-state index in [0.717, 1.165) is 5.56 Å². The predicted molar refractivity (Wildman–Crippen MR) is 52.0 cm³/mol. The van der Waals surface area contributed by atoms with Crippen molar-refractivity contribution < 1.29 is 4.39 Å². The second-order valence-electron chi connectivity index (χ2n) is 2.71. The summed E-state index contributed by atoms with van der Waals surface area (Å²) in [5.41, 5.74) is 9.39. The Balaban J connectivity index is 2.84. The molecule has 0 N–H and O–H groups in total. The molecule has 1 aromatic carbocycles. The summed E-state index contributed by atoms with van der Waals surface area (Å²) in [7, 11) is 0. The van der Waals surface area contributed by atoms with Crippen LogP contribution in [0, 0.1) is 24.6 Å². The number of aryl methyl sites for hydroxylation is 1. The first-order valence-electron chi connectivity index (χ1n) is 3.99. The van der Waals surface area contributed by atoms with E-state index in [4.69, 9.17) is 5.53 Å². The minimum absolute atomic E-state index is 0.103. The molecule has 0 amide bonds. The number of azide groups is 1. The molecule has 0 saturated carbocycles. The number of hydrogen-bond acceptors (Lipinski definition) is 1. The zero-order valence-corrected chi connectivity index (χ0v) is 7.66. The Bertz CT molecular complexity index is 416. The number of hydrogen-bond donors (Lipinski definition) is 0. The maximum absolute atomic E-state index is 12.9. The molecule has 0 aliphatic rings. The lowest BCUT2D eigenvalue weighted by molar-refractivity contribution is 0.626. The molecule has 0 heterocycles. The third-order valence-electron chi connectivity index (χ3n) is 1.49. The summed E-state index contributed by atoms with van der Waals surface area (Å²) >= 11 is 0. The van der Waals surface area contributed by atoms with E-state index in [1.807, 2.05) is 0 Å². The van der Waals surface area contributed by atoms with Crippen LogP contribution in [0.2, 0.25) is 0 Å². The van der Waals surface area contributed by atoms with E-state index in [9.17, 15) is 4.39 Å². The van der Waals surface area contributed by atoms with Crippen molar-refractivity contribution in [3.63, 3.8) is 0 Å². The summed E-state index contributed by atoms with van der Waals surface area (Å²) in [6.45, 7) is 1.90. The Morgan fingerprint density at radius 2 is 2.29 bits per heavy atom. The van der Waals surface area contributed by atoms with Gasteiger partial charge < -0.3 is 0 Å². The molecular weight excluding hydrogens is 181 g/mol.